The van der Waals surface area contributed by atoms with E-state index in [4.69, 9.17) is 15.5 Å². The normalized spacial score (nSPS) is 11.9. The molecule has 34 heavy (non-hydrogen) atoms. The number of aryl methyl sites for hydroxylation is 2. The number of rotatable bonds is 11. The number of nitrogens with one attached hydrogen (secondary N) is 1. The largest absolute Gasteiger partial charge is 0.478 e. The minimum Gasteiger partial charge on any atom is -0.478 e. The zero-order chi connectivity index (χ0) is 24.7. The van der Waals surface area contributed by atoms with Gasteiger partial charge in [-0.05, 0) is 73.9 Å². The van der Waals surface area contributed by atoms with Crippen LogP contribution in [0.15, 0.2) is 53.4 Å². The van der Waals surface area contributed by atoms with Crippen molar-refractivity contribution >= 4 is 23.9 Å². The van der Waals surface area contributed by atoms with E-state index in [0.29, 0.717) is 24.4 Å². The number of aromatic carboxylic acids is 1. The summed E-state index contributed by atoms with van der Waals surface area (Å²) in [6, 6.07) is 14.6. The highest BCUT2D eigenvalue weighted by Crippen LogP contribution is 2.30. The average molecular weight is 481 g/mol. The van der Waals surface area contributed by atoms with Gasteiger partial charge in [0, 0.05) is 22.6 Å². The number of nitrogens with two attached hydrogens (primary N) is 1. The van der Waals surface area contributed by atoms with Crippen LogP contribution in [0.25, 0.3) is 11.3 Å². The SMILES string of the molecule is Cc1cccc(C)c1-c1cc(OCC(N)CCC(C)C)nc(NSc2cccc(C(=O)O)c2)n1. The predicted octanol–water partition coefficient (Wildman–Crippen LogP) is 5.72. The Morgan fingerprint density at radius 3 is 2.47 bits per heavy atom. The standard InChI is InChI=1S/C26H32N4O3S/c1-16(2)11-12-20(27)15-33-23-14-22(24-17(3)7-5-8-18(24)4)28-26(29-23)30-34-21-10-6-9-19(13-21)25(31)32/h5-10,13-14,16,20H,11-12,15,27H2,1-4H3,(H,31,32)(H,28,29,30). The number of nitrogens with zero attached hydrogens (tertiary/aromatic N) is 2. The van der Waals surface area contributed by atoms with Gasteiger partial charge < -0.3 is 15.6 Å². The van der Waals surface area contributed by atoms with Crippen molar-refractivity contribution < 1.29 is 14.6 Å². The van der Waals surface area contributed by atoms with E-state index in [1.54, 1.807) is 18.2 Å². The fourth-order valence-corrected chi connectivity index (χ4v) is 4.14. The number of carboxylic acids is 1. The third-order valence-corrected chi connectivity index (χ3v) is 6.12. The number of carboxylic acid groups (broad SMARTS) is 1. The van der Waals surface area contributed by atoms with Crippen LogP contribution in [0.2, 0.25) is 0 Å². The first-order valence-corrected chi connectivity index (χ1v) is 12.1. The first-order chi connectivity index (χ1) is 16.2. The third-order valence-electron chi connectivity index (χ3n) is 5.34. The fourth-order valence-electron chi connectivity index (χ4n) is 3.51. The lowest BCUT2D eigenvalue weighted by Crippen LogP contribution is -2.28. The number of hydrogen-bond donors (Lipinski definition) is 3. The molecular weight excluding hydrogens is 448 g/mol. The van der Waals surface area contributed by atoms with Crippen molar-refractivity contribution in [3.05, 3.63) is 65.2 Å². The van der Waals surface area contributed by atoms with Gasteiger partial charge in [-0.3, -0.25) is 4.72 Å². The fraction of sp³-hybridized carbons (Fsp3) is 0.346. The average Bonchev–Trinajstić information content (AvgIpc) is 2.80. The summed E-state index contributed by atoms with van der Waals surface area (Å²) in [7, 11) is 0. The molecule has 0 bridgehead atoms. The summed E-state index contributed by atoms with van der Waals surface area (Å²) < 4.78 is 9.12. The zero-order valence-electron chi connectivity index (χ0n) is 20.0. The lowest BCUT2D eigenvalue weighted by Gasteiger charge is -2.16. The van der Waals surface area contributed by atoms with Crippen LogP contribution in [-0.4, -0.2) is 33.7 Å². The summed E-state index contributed by atoms with van der Waals surface area (Å²) in [6.45, 7) is 8.81. The molecule has 180 valence electrons. The smallest absolute Gasteiger partial charge is 0.335 e. The lowest BCUT2D eigenvalue weighted by atomic mass is 10.00. The highest BCUT2D eigenvalue weighted by atomic mass is 32.2. The van der Waals surface area contributed by atoms with E-state index in [1.165, 1.54) is 11.9 Å². The van der Waals surface area contributed by atoms with Crippen LogP contribution in [0.5, 0.6) is 5.88 Å². The van der Waals surface area contributed by atoms with Crippen molar-refractivity contribution in [1.82, 2.24) is 9.97 Å². The molecule has 7 nitrogen and oxygen atoms in total. The molecule has 0 saturated carbocycles. The topological polar surface area (TPSA) is 110 Å². The Labute approximate surface area is 205 Å². The van der Waals surface area contributed by atoms with Gasteiger partial charge in [-0.15, -0.1) is 0 Å². The second kappa shape index (κ2) is 11.9. The van der Waals surface area contributed by atoms with Gasteiger partial charge in [-0.1, -0.05) is 38.1 Å². The van der Waals surface area contributed by atoms with Crippen molar-refractivity contribution in [1.29, 1.82) is 0 Å². The van der Waals surface area contributed by atoms with E-state index in [9.17, 15) is 9.90 Å². The van der Waals surface area contributed by atoms with Crippen LogP contribution in [0.1, 0.15) is 48.2 Å². The van der Waals surface area contributed by atoms with Crippen LogP contribution in [-0.2, 0) is 0 Å². The van der Waals surface area contributed by atoms with Gasteiger partial charge in [-0.2, -0.15) is 4.98 Å². The Kier molecular flexibility index (Phi) is 8.90. The molecule has 1 unspecified atom stereocenters. The Morgan fingerprint density at radius 2 is 1.79 bits per heavy atom. The van der Waals surface area contributed by atoms with Gasteiger partial charge in [0.2, 0.25) is 11.8 Å². The van der Waals surface area contributed by atoms with Gasteiger partial charge in [0.15, 0.2) is 0 Å². The second-order valence-corrected chi connectivity index (χ2v) is 9.64. The molecular formula is C26H32N4O3S. The highest BCUT2D eigenvalue weighted by Gasteiger charge is 2.14. The maximum atomic E-state index is 11.3. The van der Waals surface area contributed by atoms with Gasteiger partial charge >= 0.3 is 5.97 Å². The van der Waals surface area contributed by atoms with Gasteiger partial charge in [0.1, 0.15) is 6.61 Å². The minimum atomic E-state index is -0.972. The molecule has 3 aromatic rings. The van der Waals surface area contributed by atoms with E-state index < -0.39 is 5.97 Å². The maximum Gasteiger partial charge on any atom is 0.335 e. The summed E-state index contributed by atoms with van der Waals surface area (Å²) in [5.74, 6) is 0.431. The third kappa shape index (κ3) is 7.20. The van der Waals surface area contributed by atoms with E-state index in [1.807, 2.05) is 44.2 Å². The van der Waals surface area contributed by atoms with Crippen LogP contribution in [0.3, 0.4) is 0 Å². The molecule has 2 aromatic carbocycles. The molecule has 0 amide bonds. The van der Waals surface area contributed by atoms with Crippen molar-refractivity contribution in [2.24, 2.45) is 11.7 Å². The maximum absolute atomic E-state index is 11.3. The molecule has 0 spiro atoms. The molecule has 1 aromatic heterocycles. The Hall–Kier alpha value is -3.10. The van der Waals surface area contributed by atoms with E-state index in [2.05, 4.69) is 23.6 Å². The molecule has 8 heteroatoms. The van der Waals surface area contributed by atoms with Crippen LogP contribution >= 0.6 is 11.9 Å². The number of aromatic nitrogens is 2. The highest BCUT2D eigenvalue weighted by molar-refractivity contribution is 8.00. The van der Waals surface area contributed by atoms with Crippen molar-refractivity contribution in [2.45, 2.75) is 51.5 Å². The lowest BCUT2D eigenvalue weighted by molar-refractivity contribution is 0.0696. The van der Waals surface area contributed by atoms with Crippen molar-refractivity contribution in [3.63, 3.8) is 0 Å². The quantitative estimate of drug-likeness (QED) is 0.299. The Bertz CT molecular complexity index is 1120. The van der Waals surface area contributed by atoms with Crippen molar-refractivity contribution in [3.8, 4) is 17.1 Å². The van der Waals surface area contributed by atoms with Gasteiger partial charge in [0.05, 0.1) is 11.3 Å². The minimum absolute atomic E-state index is 0.0782. The zero-order valence-corrected chi connectivity index (χ0v) is 20.9. The summed E-state index contributed by atoms with van der Waals surface area (Å²) in [6.07, 6.45) is 1.92. The Morgan fingerprint density at radius 1 is 1.09 bits per heavy atom. The first-order valence-electron chi connectivity index (χ1n) is 11.3. The number of benzene rings is 2. The molecule has 1 atom stereocenters. The van der Waals surface area contributed by atoms with E-state index in [0.717, 1.165) is 40.1 Å². The molecule has 0 saturated heterocycles. The number of carbonyl (C=O) groups is 1. The van der Waals surface area contributed by atoms with Crippen molar-refractivity contribution in [2.75, 3.05) is 11.3 Å². The van der Waals surface area contributed by atoms with Crippen LogP contribution in [0.4, 0.5) is 5.95 Å². The van der Waals surface area contributed by atoms with Gasteiger partial charge in [0.25, 0.3) is 0 Å². The Balaban J connectivity index is 1.85. The molecule has 0 radical (unpaired) electrons. The van der Waals surface area contributed by atoms with E-state index >= 15 is 0 Å². The molecule has 4 N–H and O–H groups in total. The summed E-state index contributed by atoms with van der Waals surface area (Å²) in [4.78, 5) is 21.2. The summed E-state index contributed by atoms with van der Waals surface area (Å²) in [5.41, 5.74) is 10.4. The first kappa shape index (κ1) is 25.5. The predicted molar refractivity (Wildman–Crippen MR) is 137 cm³/mol. The molecule has 3 rings (SSSR count). The molecule has 0 aliphatic carbocycles. The van der Waals surface area contributed by atoms with Crippen LogP contribution < -0.4 is 15.2 Å². The molecule has 0 aliphatic rings. The summed E-state index contributed by atoms with van der Waals surface area (Å²) >= 11 is 1.24. The van der Waals surface area contributed by atoms with Crippen LogP contribution in [0, 0.1) is 19.8 Å². The van der Waals surface area contributed by atoms with E-state index in [-0.39, 0.29) is 11.6 Å². The number of ether oxygens (including phenoxy) is 1. The molecule has 1 heterocycles. The number of hydrogen-bond acceptors (Lipinski definition) is 7. The summed E-state index contributed by atoms with van der Waals surface area (Å²) in [5, 5.41) is 9.24. The van der Waals surface area contributed by atoms with Gasteiger partial charge in [-0.25, -0.2) is 9.78 Å². The number of anilines is 1. The molecule has 0 fully saturated rings. The molecule has 0 aliphatic heterocycles. The second-order valence-electron chi connectivity index (χ2n) is 8.76. The monoisotopic (exact) mass is 480 g/mol.